The molecular formula is C20H29N3O2. The number of fused-ring (bicyclic) bond motifs is 1. The van der Waals surface area contributed by atoms with Crippen molar-refractivity contribution in [2.75, 3.05) is 12.3 Å². The summed E-state index contributed by atoms with van der Waals surface area (Å²) in [5.41, 5.74) is 9.08. The molecule has 0 radical (unpaired) electrons. The third kappa shape index (κ3) is 3.97. The van der Waals surface area contributed by atoms with Crippen LogP contribution in [0.5, 0.6) is 0 Å². The molecule has 1 aromatic rings. The van der Waals surface area contributed by atoms with Crippen LogP contribution in [0.25, 0.3) is 0 Å². The SMILES string of the molecule is CCCC(=O)N1CCCCC1C(=O)NC1CCCc2cc(N)ccc21. The Kier molecular flexibility index (Phi) is 5.61. The summed E-state index contributed by atoms with van der Waals surface area (Å²) in [4.78, 5) is 27.1. The van der Waals surface area contributed by atoms with Crippen LogP contribution in [0.3, 0.4) is 0 Å². The standard InChI is InChI=1S/C20H29N3O2/c1-2-6-19(24)23-12-4-3-9-18(23)20(25)22-17-8-5-7-14-13-15(21)10-11-16(14)17/h10-11,13,17-18H,2-9,12,21H2,1H3,(H,22,25). The molecule has 25 heavy (non-hydrogen) atoms. The molecular weight excluding hydrogens is 314 g/mol. The van der Waals surface area contributed by atoms with Crippen LogP contribution in [0.1, 0.15) is 69.0 Å². The number of nitrogens with one attached hydrogen (secondary N) is 1. The summed E-state index contributed by atoms with van der Waals surface area (Å²) in [7, 11) is 0. The first kappa shape index (κ1) is 17.8. The van der Waals surface area contributed by atoms with Gasteiger partial charge in [-0.15, -0.1) is 0 Å². The molecule has 5 nitrogen and oxygen atoms in total. The highest BCUT2D eigenvalue weighted by molar-refractivity contribution is 5.88. The first-order chi connectivity index (χ1) is 12.1. The molecule has 1 saturated heterocycles. The lowest BCUT2D eigenvalue weighted by molar-refractivity contribution is -0.142. The summed E-state index contributed by atoms with van der Waals surface area (Å²) >= 11 is 0. The minimum atomic E-state index is -0.313. The van der Waals surface area contributed by atoms with Gasteiger partial charge in [0.1, 0.15) is 6.04 Å². The lowest BCUT2D eigenvalue weighted by Crippen LogP contribution is -2.52. The Bertz CT molecular complexity index is 644. The van der Waals surface area contributed by atoms with E-state index >= 15 is 0 Å². The second kappa shape index (κ2) is 7.89. The van der Waals surface area contributed by atoms with Crippen molar-refractivity contribution in [1.82, 2.24) is 10.2 Å². The maximum absolute atomic E-state index is 12.9. The first-order valence-corrected chi connectivity index (χ1v) is 9.58. The lowest BCUT2D eigenvalue weighted by Gasteiger charge is -2.36. The summed E-state index contributed by atoms with van der Waals surface area (Å²) in [6.45, 7) is 2.70. The number of nitrogens with zero attached hydrogens (tertiary/aromatic N) is 1. The Labute approximate surface area is 150 Å². The second-order valence-electron chi connectivity index (χ2n) is 7.26. The average molecular weight is 343 g/mol. The number of nitrogen functional groups attached to an aromatic ring is 1. The Morgan fingerprint density at radius 3 is 2.88 bits per heavy atom. The fraction of sp³-hybridized carbons (Fsp3) is 0.600. The number of hydrogen-bond acceptors (Lipinski definition) is 3. The van der Waals surface area contributed by atoms with Crippen LogP contribution >= 0.6 is 0 Å². The molecule has 5 heteroatoms. The van der Waals surface area contributed by atoms with Crippen molar-refractivity contribution in [3.63, 3.8) is 0 Å². The molecule has 3 rings (SSSR count). The highest BCUT2D eigenvalue weighted by Gasteiger charge is 2.33. The topological polar surface area (TPSA) is 75.4 Å². The number of aryl methyl sites for hydroxylation is 1. The number of piperidine rings is 1. The molecule has 2 atom stereocenters. The van der Waals surface area contributed by atoms with E-state index in [1.165, 1.54) is 11.1 Å². The highest BCUT2D eigenvalue weighted by Crippen LogP contribution is 2.31. The van der Waals surface area contributed by atoms with Crippen LogP contribution in [0, 0.1) is 0 Å². The van der Waals surface area contributed by atoms with Gasteiger partial charge in [-0.1, -0.05) is 13.0 Å². The number of rotatable bonds is 4. The lowest BCUT2D eigenvalue weighted by atomic mass is 9.87. The molecule has 1 aliphatic carbocycles. The molecule has 3 N–H and O–H groups in total. The van der Waals surface area contributed by atoms with Gasteiger partial charge in [0.15, 0.2) is 0 Å². The molecule has 0 saturated carbocycles. The van der Waals surface area contributed by atoms with Gasteiger partial charge in [-0.25, -0.2) is 0 Å². The van der Waals surface area contributed by atoms with E-state index < -0.39 is 0 Å². The quantitative estimate of drug-likeness (QED) is 0.825. The zero-order valence-electron chi connectivity index (χ0n) is 15.1. The molecule has 1 aromatic carbocycles. The monoisotopic (exact) mass is 343 g/mol. The van der Waals surface area contributed by atoms with Crippen molar-refractivity contribution in [3.05, 3.63) is 29.3 Å². The molecule has 1 heterocycles. The van der Waals surface area contributed by atoms with Crippen molar-refractivity contribution in [2.45, 2.75) is 70.4 Å². The summed E-state index contributed by atoms with van der Waals surface area (Å²) in [6, 6.07) is 5.68. The van der Waals surface area contributed by atoms with E-state index in [4.69, 9.17) is 5.73 Å². The average Bonchev–Trinajstić information content (AvgIpc) is 2.62. The van der Waals surface area contributed by atoms with Crippen LogP contribution in [-0.4, -0.2) is 29.3 Å². The summed E-state index contributed by atoms with van der Waals surface area (Å²) in [6.07, 6.45) is 7.11. The van der Waals surface area contributed by atoms with Crippen molar-refractivity contribution in [1.29, 1.82) is 0 Å². The van der Waals surface area contributed by atoms with Gasteiger partial charge in [-0.3, -0.25) is 9.59 Å². The number of hydrogen-bond donors (Lipinski definition) is 2. The predicted octanol–water partition coefficient (Wildman–Crippen LogP) is 2.94. The Morgan fingerprint density at radius 1 is 1.24 bits per heavy atom. The molecule has 0 spiro atoms. The van der Waals surface area contributed by atoms with Gasteiger partial charge in [0.2, 0.25) is 11.8 Å². The maximum atomic E-state index is 12.9. The van der Waals surface area contributed by atoms with Crippen molar-refractivity contribution >= 4 is 17.5 Å². The predicted molar refractivity (Wildman–Crippen MR) is 98.9 cm³/mol. The van der Waals surface area contributed by atoms with Crippen molar-refractivity contribution < 1.29 is 9.59 Å². The normalized spacial score (nSPS) is 23.0. The van der Waals surface area contributed by atoms with E-state index in [1.807, 2.05) is 25.1 Å². The number of amides is 2. The molecule has 2 unspecified atom stereocenters. The summed E-state index contributed by atoms with van der Waals surface area (Å²) in [5.74, 6) is 0.109. The van der Waals surface area contributed by atoms with Gasteiger partial charge in [-0.2, -0.15) is 0 Å². The molecule has 1 aliphatic heterocycles. The third-order valence-corrected chi connectivity index (χ3v) is 5.39. The molecule has 2 amide bonds. The van der Waals surface area contributed by atoms with E-state index in [9.17, 15) is 9.59 Å². The molecule has 0 bridgehead atoms. The van der Waals surface area contributed by atoms with Gasteiger partial charge in [-0.05, 0) is 68.2 Å². The molecule has 0 aromatic heterocycles. The number of likely N-dealkylation sites (tertiary alicyclic amines) is 1. The Hall–Kier alpha value is -2.04. The van der Waals surface area contributed by atoms with Crippen LogP contribution in [0.4, 0.5) is 5.69 Å². The number of carbonyl (C=O) groups is 2. The highest BCUT2D eigenvalue weighted by atomic mass is 16.2. The van der Waals surface area contributed by atoms with Crippen LogP contribution in [0.2, 0.25) is 0 Å². The van der Waals surface area contributed by atoms with E-state index in [0.717, 1.165) is 50.6 Å². The van der Waals surface area contributed by atoms with Gasteiger partial charge < -0.3 is 16.0 Å². The third-order valence-electron chi connectivity index (χ3n) is 5.39. The van der Waals surface area contributed by atoms with Gasteiger partial charge in [0.25, 0.3) is 0 Å². The largest absolute Gasteiger partial charge is 0.399 e. The smallest absolute Gasteiger partial charge is 0.243 e. The minimum Gasteiger partial charge on any atom is -0.399 e. The van der Waals surface area contributed by atoms with E-state index in [1.54, 1.807) is 4.90 Å². The van der Waals surface area contributed by atoms with Crippen LogP contribution in [0.15, 0.2) is 18.2 Å². The molecule has 136 valence electrons. The first-order valence-electron chi connectivity index (χ1n) is 9.58. The van der Waals surface area contributed by atoms with Crippen molar-refractivity contribution in [3.8, 4) is 0 Å². The zero-order chi connectivity index (χ0) is 17.8. The van der Waals surface area contributed by atoms with E-state index in [2.05, 4.69) is 5.32 Å². The van der Waals surface area contributed by atoms with Gasteiger partial charge in [0.05, 0.1) is 6.04 Å². The summed E-state index contributed by atoms with van der Waals surface area (Å²) < 4.78 is 0. The van der Waals surface area contributed by atoms with Gasteiger partial charge >= 0.3 is 0 Å². The van der Waals surface area contributed by atoms with E-state index in [0.29, 0.717) is 13.0 Å². The fourth-order valence-electron chi connectivity index (χ4n) is 4.11. The van der Waals surface area contributed by atoms with Crippen LogP contribution < -0.4 is 11.1 Å². The van der Waals surface area contributed by atoms with Crippen LogP contribution in [-0.2, 0) is 16.0 Å². The second-order valence-corrected chi connectivity index (χ2v) is 7.26. The molecule has 2 aliphatic rings. The number of carbonyl (C=O) groups excluding carboxylic acids is 2. The van der Waals surface area contributed by atoms with E-state index in [-0.39, 0.29) is 23.9 Å². The van der Waals surface area contributed by atoms with Gasteiger partial charge in [0, 0.05) is 18.7 Å². The Morgan fingerprint density at radius 2 is 2.08 bits per heavy atom. The zero-order valence-corrected chi connectivity index (χ0v) is 15.1. The van der Waals surface area contributed by atoms with Crippen molar-refractivity contribution in [2.24, 2.45) is 0 Å². The fourth-order valence-corrected chi connectivity index (χ4v) is 4.11. The number of anilines is 1. The minimum absolute atomic E-state index is 0.00109. The number of benzene rings is 1. The molecule has 1 fully saturated rings. The summed E-state index contributed by atoms with van der Waals surface area (Å²) in [5, 5.41) is 3.22. The number of nitrogens with two attached hydrogens (primary N) is 1. The maximum Gasteiger partial charge on any atom is 0.243 e. The Balaban J connectivity index is 1.72.